The first-order valence-electron chi connectivity index (χ1n) is 7.10. The van der Waals surface area contributed by atoms with Crippen molar-refractivity contribution in [1.82, 2.24) is 0 Å². The first kappa shape index (κ1) is 17.1. The van der Waals surface area contributed by atoms with Crippen LogP contribution in [0.5, 0.6) is 5.75 Å². The molecule has 0 saturated carbocycles. The topological polar surface area (TPSA) is 61.5 Å². The highest BCUT2D eigenvalue weighted by Crippen LogP contribution is 2.17. The number of nitrogens with two attached hydrogens (primary N) is 1. The fourth-order valence-corrected chi connectivity index (χ4v) is 2.51. The van der Waals surface area contributed by atoms with E-state index in [0.717, 1.165) is 16.9 Å². The molecule has 0 heterocycles. The smallest absolute Gasteiger partial charge is 0.353 e. The van der Waals surface area contributed by atoms with Crippen LogP contribution in [0.15, 0.2) is 60.2 Å². The van der Waals surface area contributed by atoms with Gasteiger partial charge in [0.05, 0.1) is 0 Å². The second kappa shape index (κ2) is 9.02. The molecule has 0 saturated heterocycles. The first-order chi connectivity index (χ1) is 11.2. The monoisotopic (exact) mass is 329 g/mol. The van der Waals surface area contributed by atoms with E-state index in [-0.39, 0.29) is 0 Å². The Hall–Kier alpha value is -2.24. The maximum absolute atomic E-state index is 11.6. The minimum atomic E-state index is -0.510. The van der Waals surface area contributed by atoms with E-state index < -0.39 is 5.97 Å². The highest BCUT2D eigenvalue weighted by Gasteiger charge is 2.09. The number of carbonyl (C=O) groups is 1. The fraction of sp³-hybridized carbons (Fsp3) is 0.167. The molecule has 0 aliphatic heterocycles. The Labute approximate surface area is 140 Å². The second-order valence-corrected chi connectivity index (χ2v) is 5.72. The van der Waals surface area contributed by atoms with Gasteiger partial charge in [-0.25, -0.2) is 4.79 Å². The lowest BCUT2D eigenvalue weighted by Gasteiger charge is -2.07. The van der Waals surface area contributed by atoms with Gasteiger partial charge in [0.2, 0.25) is 0 Å². The Kier molecular flexibility index (Phi) is 6.72. The molecular weight excluding hydrogens is 310 g/mol. The summed E-state index contributed by atoms with van der Waals surface area (Å²) >= 11 is 1.53. The van der Waals surface area contributed by atoms with Crippen molar-refractivity contribution in [2.45, 2.75) is 6.61 Å². The van der Waals surface area contributed by atoms with Gasteiger partial charge in [-0.2, -0.15) is 17.7 Å². The fourth-order valence-electron chi connectivity index (χ4n) is 1.99. The van der Waals surface area contributed by atoms with Crippen LogP contribution in [0.1, 0.15) is 11.1 Å². The molecule has 2 N–H and O–H groups in total. The van der Waals surface area contributed by atoms with E-state index in [2.05, 4.69) is 4.84 Å². The van der Waals surface area contributed by atoms with E-state index in [1.807, 2.05) is 60.9 Å². The molecule has 0 aromatic heterocycles. The van der Waals surface area contributed by atoms with E-state index in [0.29, 0.717) is 17.9 Å². The van der Waals surface area contributed by atoms with E-state index in [9.17, 15) is 4.79 Å². The van der Waals surface area contributed by atoms with Crippen molar-refractivity contribution in [3.05, 3.63) is 71.3 Å². The third kappa shape index (κ3) is 5.47. The summed E-state index contributed by atoms with van der Waals surface area (Å²) in [5, 5.41) is 0. The van der Waals surface area contributed by atoms with E-state index >= 15 is 0 Å². The Morgan fingerprint density at radius 2 is 1.83 bits per heavy atom. The molecule has 0 fully saturated rings. The minimum absolute atomic E-state index is 0.510. The predicted molar refractivity (Wildman–Crippen MR) is 93.9 cm³/mol. The lowest BCUT2D eigenvalue weighted by molar-refractivity contribution is -0.139. The van der Waals surface area contributed by atoms with E-state index in [1.54, 1.807) is 6.08 Å². The molecule has 2 aromatic carbocycles. The van der Waals surface area contributed by atoms with Crippen LogP contribution >= 0.6 is 11.8 Å². The van der Waals surface area contributed by atoms with Crippen LogP contribution < -0.4 is 10.6 Å². The van der Waals surface area contributed by atoms with Gasteiger partial charge in [-0.3, -0.25) is 0 Å². The Balaban J connectivity index is 2.02. The summed E-state index contributed by atoms with van der Waals surface area (Å²) in [6.07, 6.45) is 3.69. The Morgan fingerprint density at radius 1 is 1.13 bits per heavy atom. The highest BCUT2D eigenvalue weighted by molar-refractivity contribution is 7.98. The van der Waals surface area contributed by atoms with Crippen LogP contribution in [0, 0.1) is 0 Å². The van der Waals surface area contributed by atoms with Crippen molar-refractivity contribution < 1.29 is 14.4 Å². The number of carbonyl (C=O) groups excluding carboxylic acids is 1. The summed E-state index contributed by atoms with van der Waals surface area (Å²) in [6.45, 7) is 0.521. The van der Waals surface area contributed by atoms with Gasteiger partial charge in [-0.05, 0) is 35.6 Å². The maximum Gasteiger partial charge on any atom is 0.353 e. The average Bonchev–Trinajstić information content (AvgIpc) is 2.61. The third-order valence-corrected chi connectivity index (χ3v) is 3.74. The molecule has 0 aliphatic rings. The van der Waals surface area contributed by atoms with Crippen molar-refractivity contribution in [2.24, 2.45) is 5.90 Å². The van der Waals surface area contributed by atoms with Gasteiger partial charge in [0.15, 0.2) is 0 Å². The molecule has 120 valence electrons. The first-order valence-corrected chi connectivity index (χ1v) is 8.49. The largest absolute Gasteiger partial charge is 0.489 e. The zero-order valence-corrected chi connectivity index (χ0v) is 13.7. The zero-order chi connectivity index (χ0) is 16.5. The standard InChI is InChI=1S/C18H19NO3S/c1-23-13-16(18(20)22-19)11-14-7-9-17(10-8-14)21-12-15-5-3-2-4-6-15/h2-11H,12-13,19H2,1H3/b16-11+. The molecule has 0 radical (unpaired) electrons. The average molecular weight is 329 g/mol. The number of hydrogen-bond donors (Lipinski definition) is 1. The second-order valence-electron chi connectivity index (χ2n) is 4.85. The molecule has 2 aromatic rings. The molecule has 5 heteroatoms. The van der Waals surface area contributed by atoms with Gasteiger partial charge in [0.25, 0.3) is 0 Å². The lowest BCUT2D eigenvalue weighted by atomic mass is 10.1. The van der Waals surface area contributed by atoms with Crippen LogP contribution in [-0.2, 0) is 16.2 Å². The van der Waals surface area contributed by atoms with Crippen molar-refractivity contribution in [3.8, 4) is 5.75 Å². The van der Waals surface area contributed by atoms with Crippen LogP contribution in [0.3, 0.4) is 0 Å². The molecule has 4 nitrogen and oxygen atoms in total. The zero-order valence-electron chi connectivity index (χ0n) is 12.9. The van der Waals surface area contributed by atoms with Gasteiger partial charge in [0.1, 0.15) is 12.4 Å². The van der Waals surface area contributed by atoms with E-state index in [1.165, 1.54) is 11.8 Å². The van der Waals surface area contributed by atoms with Crippen molar-refractivity contribution in [3.63, 3.8) is 0 Å². The maximum atomic E-state index is 11.6. The number of benzene rings is 2. The Morgan fingerprint density at radius 3 is 2.43 bits per heavy atom. The third-order valence-electron chi connectivity index (χ3n) is 3.14. The molecule has 0 unspecified atom stereocenters. The van der Waals surface area contributed by atoms with Crippen LogP contribution in [-0.4, -0.2) is 18.0 Å². The lowest BCUT2D eigenvalue weighted by Crippen LogP contribution is -2.13. The molecule has 23 heavy (non-hydrogen) atoms. The Bertz CT molecular complexity index is 654. The number of thioether (sulfide) groups is 1. The van der Waals surface area contributed by atoms with Gasteiger partial charge in [0, 0.05) is 11.3 Å². The summed E-state index contributed by atoms with van der Waals surface area (Å²) < 4.78 is 5.73. The van der Waals surface area contributed by atoms with Crippen molar-refractivity contribution >= 4 is 23.8 Å². The molecule has 0 amide bonds. The minimum Gasteiger partial charge on any atom is -0.489 e. The van der Waals surface area contributed by atoms with Gasteiger partial charge < -0.3 is 9.57 Å². The van der Waals surface area contributed by atoms with Gasteiger partial charge in [-0.15, -0.1) is 0 Å². The molecule has 0 spiro atoms. The van der Waals surface area contributed by atoms with Crippen LogP contribution in [0.25, 0.3) is 6.08 Å². The summed E-state index contributed by atoms with van der Waals surface area (Å²) in [7, 11) is 0. The normalized spacial score (nSPS) is 11.1. The molecule has 2 rings (SSSR count). The highest BCUT2D eigenvalue weighted by atomic mass is 32.2. The number of rotatable bonds is 7. The van der Waals surface area contributed by atoms with Gasteiger partial charge in [-0.1, -0.05) is 42.5 Å². The summed E-state index contributed by atoms with van der Waals surface area (Å²) in [4.78, 5) is 15.9. The molecule has 0 bridgehead atoms. The number of ether oxygens (including phenoxy) is 1. The van der Waals surface area contributed by atoms with Crippen LogP contribution in [0.4, 0.5) is 0 Å². The van der Waals surface area contributed by atoms with Crippen molar-refractivity contribution in [1.29, 1.82) is 0 Å². The van der Waals surface area contributed by atoms with E-state index in [4.69, 9.17) is 10.6 Å². The molecule has 0 aliphatic carbocycles. The SMILES string of the molecule is CSC/C(=C\c1ccc(OCc2ccccc2)cc1)C(=O)ON. The predicted octanol–water partition coefficient (Wildman–Crippen LogP) is 3.43. The molecule has 0 atom stereocenters. The summed E-state index contributed by atoms with van der Waals surface area (Å²) in [5.74, 6) is 5.77. The van der Waals surface area contributed by atoms with Crippen molar-refractivity contribution in [2.75, 3.05) is 12.0 Å². The quantitative estimate of drug-likeness (QED) is 0.623. The molecular formula is C18H19NO3S. The summed E-state index contributed by atoms with van der Waals surface area (Å²) in [6, 6.07) is 17.5. The van der Waals surface area contributed by atoms with Gasteiger partial charge >= 0.3 is 5.97 Å². The number of hydrogen-bond acceptors (Lipinski definition) is 5. The van der Waals surface area contributed by atoms with Crippen LogP contribution in [0.2, 0.25) is 0 Å². The summed E-state index contributed by atoms with van der Waals surface area (Å²) in [5.41, 5.74) is 2.54.